The zero-order valence-corrected chi connectivity index (χ0v) is 11.4. The fourth-order valence-electron chi connectivity index (χ4n) is 2.94. The third-order valence-corrected chi connectivity index (χ3v) is 4.07. The van der Waals surface area contributed by atoms with Gasteiger partial charge in [-0.3, -0.25) is 4.79 Å². The SMILES string of the molecule is CC1CCN(C(=O)c2ccc3nc[nH]c3c2)C(C)C1. The summed E-state index contributed by atoms with van der Waals surface area (Å²) in [6, 6.07) is 6.00. The van der Waals surface area contributed by atoms with Crippen LogP contribution in [0.15, 0.2) is 24.5 Å². The van der Waals surface area contributed by atoms with E-state index in [1.54, 1.807) is 6.33 Å². The predicted molar refractivity (Wildman–Crippen MR) is 75.0 cm³/mol. The van der Waals surface area contributed by atoms with Gasteiger partial charge in [0.15, 0.2) is 0 Å². The van der Waals surface area contributed by atoms with Crippen LogP contribution in [-0.4, -0.2) is 33.4 Å². The van der Waals surface area contributed by atoms with Gasteiger partial charge in [0.25, 0.3) is 5.91 Å². The van der Waals surface area contributed by atoms with E-state index in [4.69, 9.17) is 0 Å². The molecule has 0 aliphatic carbocycles. The predicted octanol–water partition coefficient (Wildman–Crippen LogP) is 2.82. The van der Waals surface area contributed by atoms with Crippen LogP contribution in [0.3, 0.4) is 0 Å². The van der Waals surface area contributed by atoms with Crippen LogP contribution >= 0.6 is 0 Å². The third kappa shape index (κ3) is 2.23. The van der Waals surface area contributed by atoms with Crippen molar-refractivity contribution >= 4 is 16.9 Å². The molecule has 100 valence electrons. The maximum Gasteiger partial charge on any atom is 0.254 e. The molecule has 0 spiro atoms. The molecule has 0 bridgehead atoms. The number of benzene rings is 1. The summed E-state index contributed by atoms with van der Waals surface area (Å²) >= 11 is 0. The monoisotopic (exact) mass is 257 g/mol. The fourth-order valence-corrected chi connectivity index (χ4v) is 2.94. The quantitative estimate of drug-likeness (QED) is 0.854. The first-order valence-electron chi connectivity index (χ1n) is 6.89. The van der Waals surface area contributed by atoms with E-state index in [0.29, 0.717) is 12.0 Å². The number of nitrogens with one attached hydrogen (secondary N) is 1. The van der Waals surface area contributed by atoms with Gasteiger partial charge in [-0.1, -0.05) is 6.92 Å². The van der Waals surface area contributed by atoms with E-state index in [2.05, 4.69) is 23.8 Å². The van der Waals surface area contributed by atoms with E-state index in [1.807, 2.05) is 23.1 Å². The second-order valence-electron chi connectivity index (χ2n) is 5.61. The van der Waals surface area contributed by atoms with Gasteiger partial charge in [-0.15, -0.1) is 0 Å². The number of aromatic nitrogens is 2. The molecular formula is C15H19N3O. The van der Waals surface area contributed by atoms with Crippen molar-refractivity contribution in [2.45, 2.75) is 32.7 Å². The lowest BCUT2D eigenvalue weighted by atomic mass is 9.93. The molecule has 19 heavy (non-hydrogen) atoms. The Morgan fingerprint density at radius 1 is 1.42 bits per heavy atom. The van der Waals surface area contributed by atoms with Crippen molar-refractivity contribution in [3.8, 4) is 0 Å². The molecule has 3 rings (SSSR count). The molecule has 0 saturated carbocycles. The van der Waals surface area contributed by atoms with Gasteiger partial charge in [-0.25, -0.2) is 4.98 Å². The highest BCUT2D eigenvalue weighted by Crippen LogP contribution is 2.24. The van der Waals surface area contributed by atoms with Gasteiger partial charge in [0.1, 0.15) is 0 Å². The normalized spacial score (nSPS) is 23.8. The minimum Gasteiger partial charge on any atom is -0.345 e. The zero-order chi connectivity index (χ0) is 13.4. The number of likely N-dealkylation sites (tertiary alicyclic amines) is 1. The highest BCUT2D eigenvalue weighted by atomic mass is 16.2. The number of hydrogen-bond acceptors (Lipinski definition) is 2. The minimum absolute atomic E-state index is 0.135. The van der Waals surface area contributed by atoms with Crippen molar-refractivity contribution in [1.29, 1.82) is 0 Å². The molecule has 1 saturated heterocycles. The van der Waals surface area contributed by atoms with Gasteiger partial charge in [0.2, 0.25) is 0 Å². The van der Waals surface area contributed by atoms with Gasteiger partial charge >= 0.3 is 0 Å². The number of carbonyl (C=O) groups excluding carboxylic acids is 1. The van der Waals surface area contributed by atoms with Crippen molar-refractivity contribution in [1.82, 2.24) is 14.9 Å². The second-order valence-corrected chi connectivity index (χ2v) is 5.61. The summed E-state index contributed by atoms with van der Waals surface area (Å²) in [4.78, 5) is 21.8. The largest absolute Gasteiger partial charge is 0.345 e. The van der Waals surface area contributed by atoms with E-state index in [-0.39, 0.29) is 5.91 Å². The summed E-state index contributed by atoms with van der Waals surface area (Å²) in [6.45, 7) is 5.26. The molecule has 2 atom stereocenters. The standard InChI is InChI=1S/C15H19N3O/c1-10-5-6-18(11(2)7-10)15(19)12-3-4-13-14(8-12)17-9-16-13/h3-4,8-11H,5-7H2,1-2H3,(H,16,17). The number of piperidine rings is 1. The Morgan fingerprint density at radius 3 is 3.05 bits per heavy atom. The minimum atomic E-state index is 0.135. The molecule has 1 amide bonds. The fraction of sp³-hybridized carbons (Fsp3) is 0.467. The van der Waals surface area contributed by atoms with Crippen LogP contribution in [0.25, 0.3) is 11.0 Å². The molecule has 1 aromatic carbocycles. The first-order chi connectivity index (χ1) is 9.15. The average Bonchev–Trinajstić information content (AvgIpc) is 2.85. The number of rotatable bonds is 1. The van der Waals surface area contributed by atoms with E-state index < -0.39 is 0 Å². The Hall–Kier alpha value is -1.84. The molecule has 2 unspecified atom stereocenters. The van der Waals surface area contributed by atoms with Gasteiger partial charge in [-0.2, -0.15) is 0 Å². The van der Waals surface area contributed by atoms with E-state index in [1.165, 1.54) is 0 Å². The number of carbonyl (C=O) groups is 1. The second kappa shape index (κ2) is 4.68. The summed E-state index contributed by atoms with van der Waals surface area (Å²) in [6.07, 6.45) is 3.85. The Balaban J connectivity index is 1.86. The number of fused-ring (bicyclic) bond motifs is 1. The van der Waals surface area contributed by atoms with Crippen molar-refractivity contribution in [3.63, 3.8) is 0 Å². The summed E-state index contributed by atoms with van der Waals surface area (Å²) in [7, 11) is 0. The molecule has 2 heterocycles. The van der Waals surface area contributed by atoms with Gasteiger partial charge < -0.3 is 9.88 Å². The molecule has 1 aliphatic rings. The van der Waals surface area contributed by atoms with Crippen molar-refractivity contribution in [2.75, 3.05) is 6.54 Å². The van der Waals surface area contributed by atoms with Crippen LogP contribution in [0.5, 0.6) is 0 Å². The van der Waals surface area contributed by atoms with Crippen LogP contribution in [0.4, 0.5) is 0 Å². The number of imidazole rings is 1. The molecule has 1 fully saturated rings. The summed E-state index contributed by atoms with van der Waals surface area (Å²) < 4.78 is 0. The summed E-state index contributed by atoms with van der Waals surface area (Å²) in [5.74, 6) is 0.852. The molecule has 1 aliphatic heterocycles. The molecule has 4 nitrogen and oxygen atoms in total. The molecular weight excluding hydrogens is 238 g/mol. The first-order valence-corrected chi connectivity index (χ1v) is 6.89. The van der Waals surface area contributed by atoms with Gasteiger partial charge in [0, 0.05) is 18.2 Å². The Morgan fingerprint density at radius 2 is 2.26 bits per heavy atom. The Kier molecular flexibility index (Phi) is 3.01. The first kappa shape index (κ1) is 12.2. The molecule has 0 radical (unpaired) electrons. The van der Waals surface area contributed by atoms with Crippen LogP contribution in [0.2, 0.25) is 0 Å². The molecule has 4 heteroatoms. The zero-order valence-electron chi connectivity index (χ0n) is 11.4. The molecule has 2 aromatic rings. The topological polar surface area (TPSA) is 49.0 Å². The smallest absolute Gasteiger partial charge is 0.254 e. The van der Waals surface area contributed by atoms with E-state index in [9.17, 15) is 4.79 Å². The van der Waals surface area contributed by atoms with Crippen LogP contribution in [-0.2, 0) is 0 Å². The lowest BCUT2D eigenvalue weighted by Crippen LogP contribution is -2.44. The van der Waals surface area contributed by atoms with Crippen molar-refractivity contribution in [3.05, 3.63) is 30.1 Å². The number of amides is 1. The van der Waals surface area contributed by atoms with Gasteiger partial charge in [0.05, 0.1) is 17.4 Å². The van der Waals surface area contributed by atoms with Crippen LogP contribution in [0.1, 0.15) is 37.0 Å². The lowest BCUT2D eigenvalue weighted by Gasteiger charge is -2.36. The summed E-state index contributed by atoms with van der Waals surface area (Å²) in [5, 5.41) is 0. The maximum absolute atomic E-state index is 12.6. The van der Waals surface area contributed by atoms with E-state index >= 15 is 0 Å². The molecule has 1 aromatic heterocycles. The highest BCUT2D eigenvalue weighted by molar-refractivity contribution is 5.97. The lowest BCUT2D eigenvalue weighted by molar-refractivity contribution is 0.0589. The number of hydrogen-bond donors (Lipinski definition) is 1. The van der Waals surface area contributed by atoms with Crippen molar-refractivity contribution in [2.24, 2.45) is 5.92 Å². The Labute approximate surface area is 112 Å². The number of nitrogens with zero attached hydrogens (tertiary/aromatic N) is 2. The van der Waals surface area contributed by atoms with Crippen molar-refractivity contribution < 1.29 is 4.79 Å². The average molecular weight is 257 g/mol. The highest BCUT2D eigenvalue weighted by Gasteiger charge is 2.27. The van der Waals surface area contributed by atoms with Crippen LogP contribution in [0, 0.1) is 5.92 Å². The third-order valence-electron chi connectivity index (χ3n) is 4.07. The Bertz CT molecular complexity index is 604. The maximum atomic E-state index is 12.6. The summed E-state index contributed by atoms with van der Waals surface area (Å²) in [5.41, 5.74) is 2.57. The number of H-pyrrole nitrogens is 1. The van der Waals surface area contributed by atoms with Crippen LogP contribution < -0.4 is 0 Å². The molecule has 1 N–H and O–H groups in total. The number of aromatic amines is 1. The van der Waals surface area contributed by atoms with Gasteiger partial charge in [-0.05, 0) is 43.9 Å². The van der Waals surface area contributed by atoms with E-state index in [0.717, 1.165) is 36.0 Å².